The Morgan fingerprint density at radius 3 is 2.10 bits per heavy atom. The smallest absolute Gasteiger partial charge is 0.269 e. The highest BCUT2D eigenvalue weighted by Gasteiger charge is 2.23. The molecule has 0 bridgehead atoms. The van der Waals surface area contributed by atoms with Crippen LogP contribution >= 0.6 is 0 Å². The average molecular weight is 403 g/mol. The van der Waals surface area contributed by atoms with Crippen LogP contribution in [-0.4, -0.2) is 15.2 Å². The van der Waals surface area contributed by atoms with Crippen molar-refractivity contribution in [2.45, 2.75) is 33.1 Å². The zero-order valence-corrected chi connectivity index (χ0v) is 17.3. The first-order chi connectivity index (χ1) is 14.3. The van der Waals surface area contributed by atoms with Gasteiger partial charge in [-0.05, 0) is 30.2 Å². The molecule has 0 radical (unpaired) electrons. The summed E-state index contributed by atoms with van der Waals surface area (Å²) in [7, 11) is 0. The Morgan fingerprint density at radius 1 is 0.867 bits per heavy atom. The number of rotatable bonds is 5. The van der Waals surface area contributed by atoms with Crippen molar-refractivity contribution in [2.75, 3.05) is 0 Å². The number of benzene rings is 2. The normalized spacial score (nSPS) is 11.5. The third-order valence-corrected chi connectivity index (χ3v) is 5.16. The minimum Gasteiger partial charge on any atom is -0.454 e. The Balaban J connectivity index is 1.58. The van der Waals surface area contributed by atoms with E-state index in [0.717, 1.165) is 5.56 Å². The molecule has 0 saturated carbocycles. The summed E-state index contributed by atoms with van der Waals surface area (Å²) in [6.45, 7) is 8.06. The molecule has 0 aliphatic heterocycles. The summed E-state index contributed by atoms with van der Waals surface area (Å²) in [5.74, 6) is 0.276. The van der Waals surface area contributed by atoms with Crippen LogP contribution in [0.5, 0.6) is 11.5 Å². The third kappa shape index (κ3) is 3.81. The molecule has 2 aromatic heterocycles. The molecule has 4 aromatic rings. The van der Waals surface area contributed by atoms with E-state index >= 15 is 0 Å². The van der Waals surface area contributed by atoms with Crippen molar-refractivity contribution >= 4 is 0 Å². The number of ether oxygens (including phenoxy) is 1. The Kier molecular flexibility index (Phi) is 5.08. The molecule has 0 aliphatic carbocycles. The second-order valence-electron chi connectivity index (χ2n) is 7.72. The molecule has 4 rings (SSSR count). The van der Waals surface area contributed by atoms with Gasteiger partial charge in [-0.15, -0.1) is 10.2 Å². The molecule has 30 heavy (non-hydrogen) atoms. The molecule has 6 heteroatoms. The van der Waals surface area contributed by atoms with Gasteiger partial charge in [0.05, 0.1) is 0 Å². The minimum absolute atomic E-state index is 0.0191. The predicted molar refractivity (Wildman–Crippen MR) is 112 cm³/mol. The molecule has 0 aliphatic rings. The Labute approximate surface area is 174 Å². The predicted octanol–water partition coefficient (Wildman–Crippen LogP) is 6.01. The zero-order chi connectivity index (χ0) is 21.3. The van der Waals surface area contributed by atoms with Crippen molar-refractivity contribution in [1.29, 1.82) is 0 Å². The Bertz CT molecular complexity index is 1170. The van der Waals surface area contributed by atoms with Crippen LogP contribution in [0.3, 0.4) is 0 Å². The lowest BCUT2D eigenvalue weighted by Crippen LogP contribution is -2.18. The molecule has 2 aromatic carbocycles. The minimum atomic E-state index is -0.648. The van der Waals surface area contributed by atoms with Gasteiger partial charge in [-0.3, -0.25) is 0 Å². The highest BCUT2D eigenvalue weighted by Crippen LogP contribution is 2.34. The molecule has 0 amide bonds. The van der Waals surface area contributed by atoms with Crippen molar-refractivity contribution in [2.24, 2.45) is 0 Å². The fraction of sp³-hybridized carbons (Fsp3) is 0.208. The first-order valence-corrected chi connectivity index (χ1v) is 9.65. The fourth-order valence-electron chi connectivity index (χ4n) is 3.25. The maximum absolute atomic E-state index is 14.9. The zero-order valence-electron chi connectivity index (χ0n) is 17.3. The van der Waals surface area contributed by atoms with Crippen LogP contribution in [0.25, 0.3) is 11.6 Å². The number of aryl methyl sites for hydroxylation is 2. The quantitative estimate of drug-likeness (QED) is 0.409. The molecule has 0 unspecified atom stereocenters. The average Bonchev–Trinajstić information content (AvgIpc) is 3.16. The molecular formula is C24H22FN3O2. The van der Waals surface area contributed by atoms with E-state index in [9.17, 15) is 4.39 Å². The van der Waals surface area contributed by atoms with E-state index < -0.39 is 5.82 Å². The molecular weight excluding hydrogens is 381 g/mol. The molecule has 0 saturated heterocycles. The van der Waals surface area contributed by atoms with Gasteiger partial charge < -0.3 is 9.15 Å². The lowest BCUT2D eigenvalue weighted by molar-refractivity contribution is 0.438. The van der Waals surface area contributed by atoms with Crippen molar-refractivity contribution in [3.05, 3.63) is 89.2 Å². The Morgan fingerprint density at radius 2 is 1.50 bits per heavy atom. The molecule has 5 nitrogen and oxygen atoms in total. The number of hydrogen-bond donors (Lipinski definition) is 0. The molecule has 152 valence electrons. The summed E-state index contributed by atoms with van der Waals surface area (Å²) in [4.78, 5) is 4.00. The monoisotopic (exact) mass is 403 g/mol. The second kappa shape index (κ2) is 7.71. The van der Waals surface area contributed by atoms with Gasteiger partial charge in [0, 0.05) is 24.6 Å². The SMILES string of the molecule is Cc1ccc(C(C)(C)c2ccc(Oc3ccnc(-c4nnc(C)o4)c3F)cc2)cc1. The van der Waals surface area contributed by atoms with Gasteiger partial charge in [-0.1, -0.05) is 55.8 Å². The highest BCUT2D eigenvalue weighted by atomic mass is 19.1. The van der Waals surface area contributed by atoms with Crippen LogP contribution in [0.4, 0.5) is 4.39 Å². The lowest BCUT2D eigenvalue weighted by Gasteiger charge is -2.26. The summed E-state index contributed by atoms with van der Waals surface area (Å²) >= 11 is 0. The van der Waals surface area contributed by atoms with Gasteiger partial charge >= 0.3 is 0 Å². The molecule has 0 spiro atoms. The third-order valence-electron chi connectivity index (χ3n) is 5.16. The molecule has 2 heterocycles. The van der Waals surface area contributed by atoms with Crippen LogP contribution in [0, 0.1) is 19.7 Å². The highest BCUT2D eigenvalue weighted by molar-refractivity contribution is 5.52. The largest absolute Gasteiger partial charge is 0.454 e. The standard InChI is InChI=1S/C24H22FN3O2/c1-15-5-7-17(8-6-15)24(3,4)18-9-11-19(12-10-18)30-20-13-14-26-22(21(20)25)23-28-27-16(2)29-23/h5-14H,1-4H3. The van der Waals surface area contributed by atoms with Gasteiger partial charge in [0.25, 0.3) is 5.89 Å². The van der Waals surface area contributed by atoms with Crippen molar-refractivity contribution in [3.63, 3.8) is 0 Å². The van der Waals surface area contributed by atoms with Crippen molar-refractivity contribution in [3.8, 4) is 23.1 Å². The van der Waals surface area contributed by atoms with Gasteiger partial charge in [0.1, 0.15) is 5.75 Å². The maximum Gasteiger partial charge on any atom is 0.269 e. The van der Waals surface area contributed by atoms with Gasteiger partial charge in [0.2, 0.25) is 5.89 Å². The van der Waals surface area contributed by atoms with Gasteiger partial charge in [-0.25, -0.2) is 9.37 Å². The van der Waals surface area contributed by atoms with Crippen LogP contribution in [0.1, 0.15) is 36.4 Å². The summed E-state index contributed by atoms with van der Waals surface area (Å²) in [6, 6.07) is 17.6. The first-order valence-electron chi connectivity index (χ1n) is 9.65. The van der Waals surface area contributed by atoms with Crippen LogP contribution in [0.2, 0.25) is 0 Å². The summed E-state index contributed by atoms with van der Waals surface area (Å²) in [6.07, 6.45) is 1.45. The number of hydrogen-bond acceptors (Lipinski definition) is 5. The van der Waals surface area contributed by atoms with E-state index in [0.29, 0.717) is 11.6 Å². The van der Waals surface area contributed by atoms with E-state index in [1.165, 1.54) is 23.4 Å². The summed E-state index contributed by atoms with van der Waals surface area (Å²) in [5, 5.41) is 7.54. The van der Waals surface area contributed by atoms with E-state index in [1.54, 1.807) is 6.92 Å². The van der Waals surface area contributed by atoms with E-state index in [4.69, 9.17) is 9.15 Å². The van der Waals surface area contributed by atoms with Crippen LogP contribution in [-0.2, 0) is 5.41 Å². The van der Waals surface area contributed by atoms with E-state index in [-0.39, 0.29) is 22.7 Å². The molecule has 0 N–H and O–H groups in total. The second-order valence-corrected chi connectivity index (χ2v) is 7.72. The summed E-state index contributed by atoms with van der Waals surface area (Å²) < 4.78 is 25.9. The number of pyridine rings is 1. The van der Waals surface area contributed by atoms with Gasteiger partial charge in [-0.2, -0.15) is 0 Å². The number of nitrogens with zero attached hydrogens (tertiary/aromatic N) is 3. The van der Waals surface area contributed by atoms with Crippen molar-refractivity contribution < 1.29 is 13.5 Å². The molecule has 0 fully saturated rings. The van der Waals surface area contributed by atoms with Gasteiger partial charge in [0.15, 0.2) is 17.3 Å². The number of aromatic nitrogens is 3. The van der Waals surface area contributed by atoms with Crippen LogP contribution < -0.4 is 4.74 Å². The topological polar surface area (TPSA) is 61.0 Å². The molecule has 0 atom stereocenters. The first kappa shape index (κ1) is 19.8. The van der Waals surface area contributed by atoms with Crippen LogP contribution in [0.15, 0.2) is 65.2 Å². The lowest BCUT2D eigenvalue weighted by atomic mass is 9.78. The van der Waals surface area contributed by atoms with E-state index in [1.807, 2.05) is 24.3 Å². The fourth-order valence-corrected chi connectivity index (χ4v) is 3.25. The Hall–Kier alpha value is -3.54. The van der Waals surface area contributed by atoms with Crippen molar-refractivity contribution in [1.82, 2.24) is 15.2 Å². The summed E-state index contributed by atoms with van der Waals surface area (Å²) in [5.41, 5.74) is 3.38. The van der Waals surface area contributed by atoms with E-state index in [2.05, 4.69) is 60.2 Å². The maximum atomic E-state index is 14.9. The number of halogens is 1.